The van der Waals surface area contributed by atoms with Crippen molar-refractivity contribution in [2.45, 2.75) is 31.9 Å². The van der Waals surface area contributed by atoms with Crippen LogP contribution in [0.1, 0.15) is 24.8 Å². The van der Waals surface area contributed by atoms with Gasteiger partial charge >= 0.3 is 0 Å². The standard InChI is InChI=1S/C15H25N3O2/c1-17-9-13(8-16-17)10-18-6-4-14-15(11-18,12-19-2)5-3-7-20-14/h8-9,14H,3-7,10-12H2,1-2H3/t14-,15-/m1/s1. The van der Waals surface area contributed by atoms with Crippen molar-refractivity contribution in [1.29, 1.82) is 0 Å². The van der Waals surface area contributed by atoms with E-state index in [0.717, 1.165) is 45.7 Å². The van der Waals surface area contributed by atoms with Crippen LogP contribution in [0.15, 0.2) is 12.4 Å². The third-order valence-electron chi connectivity index (χ3n) is 4.66. The minimum absolute atomic E-state index is 0.188. The number of piperidine rings is 1. The molecule has 0 bridgehead atoms. The first kappa shape index (κ1) is 14.0. The minimum atomic E-state index is 0.188. The molecule has 0 spiro atoms. The van der Waals surface area contributed by atoms with E-state index in [2.05, 4.69) is 16.2 Å². The predicted molar refractivity (Wildman–Crippen MR) is 76.4 cm³/mol. The van der Waals surface area contributed by atoms with Crippen LogP contribution in [-0.4, -0.2) is 54.2 Å². The second-order valence-electron chi connectivity index (χ2n) is 6.28. The lowest BCUT2D eigenvalue weighted by Crippen LogP contribution is -2.56. The molecule has 1 aromatic rings. The van der Waals surface area contributed by atoms with Gasteiger partial charge < -0.3 is 9.47 Å². The summed E-state index contributed by atoms with van der Waals surface area (Å²) in [7, 11) is 3.78. The molecule has 0 unspecified atom stereocenters. The van der Waals surface area contributed by atoms with E-state index < -0.39 is 0 Å². The summed E-state index contributed by atoms with van der Waals surface area (Å²) in [4.78, 5) is 2.53. The Morgan fingerprint density at radius 3 is 3.20 bits per heavy atom. The van der Waals surface area contributed by atoms with Gasteiger partial charge in [0.15, 0.2) is 0 Å². The number of fused-ring (bicyclic) bond motifs is 1. The Balaban J connectivity index is 1.69. The van der Waals surface area contributed by atoms with E-state index in [1.165, 1.54) is 12.0 Å². The molecule has 2 aliphatic heterocycles. The van der Waals surface area contributed by atoms with E-state index in [1.807, 2.05) is 17.9 Å². The lowest BCUT2D eigenvalue weighted by molar-refractivity contribution is -0.149. The van der Waals surface area contributed by atoms with Crippen LogP contribution >= 0.6 is 0 Å². The molecule has 2 atom stereocenters. The van der Waals surface area contributed by atoms with Gasteiger partial charge in [0.25, 0.3) is 0 Å². The highest BCUT2D eigenvalue weighted by atomic mass is 16.5. The molecule has 20 heavy (non-hydrogen) atoms. The minimum Gasteiger partial charge on any atom is -0.384 e. The zero-order valence-electron chi connectivity index (χ0n) is 12.5. The van der Waals surface area contributed by atoms with Crippen LogP contribution < -0.4 is 0 Å². The molecule has 112 valence electrons. The topological polar surface area (TPSA) is 39.5 Å². The molecule has 0 aliphatic carbocycles. The van der Waals surface area contributed by atoms with Gasteiger partial charge in [0.05, 0.1) is 18.9 Å². The number of methoxy groups -OCH3 is 1. The highest BCUT2D eigenvalue weighted by Gasteiger charge is 2.45. The fraction of sp³-hybridized carbons (Fsp3) is 0.800. The van der Waals surface area contributed by atoms with Gasteiger partial charge in [-0.15, -0.1) is 0 Å². The maximum Gasteiger partial charge on any atom is 0.0677 e. The van der Waals surface area contributed by atoms with Crippen molar-refractivity contribution in [3.63, 3.8) is 0 Å². The number of likely N-dealkylation sites (tertiary alicyclic amines) is 1. The van der Waals surface area contributed by atoms with Crippen molar-refractivity contribution >= 4 is 0 Å². The van der Waals surface area contributed by atoms with Gasteiger partial charge in [-0.3, -0.25) is 9.58 Å². The number of hydrogen-bond donors (Lipinski definition) is 0. The molecule has 0 radical (unpaired) electrons. The molecule has 0 saturated carbocycles. The first-order chi connectivity index (χ1) is 9.72. The van der Waals surface area contributed by atoms with Gasteiger partial charge in [-0.1, -0.05) is 0 Å². The quantitative estimate of drug-likeness (QED) is 0.836. The van der Waals surface area contributed by atoms with Crippen LogP contribution in [0.4, 0.5) is 0 Å². The van der Waals surface area contributed by atoms with Gasteiger partial charge in [-0.05, 0) is 19.3 Å². The molecule has 2 saturated heterocycles. The number of nitrogens with zero attached hydrogens (tertiary/aromatic N) is 3. The van der Waals surface area contributed by atoms with Crippen LogP contribution in [0.5, 0.6) is 0 Å². The Labute approximate surface area is 120 Å². The summed E-state index contributed by atoms with van der Waals surface area (Å²) < 4.78 is 13.4. The number of ether oxygens (including phenoxy) is 2. The molecule has 3 heterocycles. The second kappa shape index (κ2) is 5.84. The SMILES string of the molecule is COC[C@]12CCCO[C@@H]1CCN(Cc1cnn(C)c1)C2. The van der Waals surface area contributed by atoms with Crippen molar-refractivity contribution in [2.24, 2.45) is 12.5 Å². The number of aromatic nitrogens is 2. The Bertz CT molecular complexity index is 444. The maximum atomic E-state index is 6.02. The van der Waals surface area contributed by atoms with Crippen molar-refractivity contribution in [3.8, 4) is 0 Å². The Hall–Kier alpha value is -0.910. The van der Waals surface area contributed by atoms with Crippen molar-refractivity contribution in [2.75, 3.05) is 33.4 Å². The smallest absolute Gasteiger partial charge is 0.0677 e. The summed E-state index contributed by atoms with van der Waals surface area (Å²) in [5.74, 6) is 0. The van der Waals surface area contributed by atoms with E-state index >= 15 is 0 Å². The summed E-state index contributed by atoms with van der Waals surface area (Å²) >= 11 is 0. The third-order valence-corrected chi connectivity index (χ3v) is 4.66. The molecule has 2 aliphatic rings. The molecule has 2 fully saturated rings. The monoisotopic (exact) mass is 279 g/mol. The zero-order chi connectivity index (χ0) is 14.0. The maximum absolute atomic E-state index is 6.02. The van der Waals surface area contributed by atoms with E-state index in [4.69, 9.17) is 9.47 Å². The molecule has 0 aromatic carbocycles. The summed E-state index contributed by atoms with van der Waals surface area (Å²) in [6.45, 7) is 4.87. The fourth-order valence-corrected chi connectivity index (χ4v) is 3.83. The summed E-state index contributed by atoms with van der Waals surface area (Å²) in [5.41, 5.74) is 1.48. The Morgan fingerprint density at radius 1 is 1.55 bits per heavy atom. The van der Waals surface area contributed by atoms with E-state index in [1.54, 1.807) is 7.11 Å². The van der Waals surface area contributed by atoms with Crippen molar-refractivity contribution < 1.29 is 9.47 Å². The van der Waals surface area contributed by atoms with Gasteiger partial charge in [0.2, 0.25) is 0 Å². The third kappa shape index (κ3) is 2.75. The molecular formula is C15H25N3O2. The Morgan fingerprint density at radius 2 is 2.45 bits per heavy atom. The van der Waals surface area contributed by atoms with Crippen molar-refractivity contribution in [1.82, 2.24) is 14.7 Å². The molecule has 0 N–H and O–H groups in total. The molecular weight excluding hydrogens is 254 g/mol. The van der Waals surface area contributed by atoms with Crippen LogP contribution in [0, 0.1) is 5.41 Å². The summed E-state index contributed by atoms with van der Waals surface area (Å²) in [5, 5.41) is 4.26. The molecule has 0 amide bonds. The van der Waals surface area contributed by atoms with E-state index in [-0.39, 0.29) is 5.41 Å². The molecule has 1 aromatic heterocycles. The van der Waals surface area contributed by atoms with Gasteiger partial charge in [-0.2, -0.15) is 5.10 Å². The molecule has 3 rings (SSSR count). The van der Waals surface area contributed by atoms with Crippen LogP contribution in [-0.2, 0) is 23.1 Å². The number of aryl methyl sites for hydroxylation is 1. The first-order valence-corrected chi connectivity index (χ1v) is 7.52. The van der Waals surface area contributed by atoms with Gasteiger partial charge in [-0.25, -0.2) is 0 Å². The molecule has 5 nitrogen and oxygen atoms in total. The lowest BCUT2D eigenvalue weighted by Gasteiger charge is -2.50. The largest absolute Gasteiger partial charge is 0.384 e. The Kier molecular flexibility index (Phi) is 4.10. The second-order valence-corrected chi connectivity index (χ2v) is 6.28. The van der Waals surface area contributed by atoms with E-state index in [9.17, 15) is 0 Å². The fourth-order valence-electron chi connectivity index (χ4n) is 3.83. The average Bonchev–Trinajstić information content (AvgIpc) is 2.84. The predicted octanol–water partition coefficient (Wildman–Crippen LogP) is 1.44. The number of hydrogen-bond acceptors (Lipinski definition) is 4. The van der Waals surface area contributed by atoms with Crippen LogP contribution in [0.25, 0.3) is 0 Å². The lowest BCUT2D eigenvalue weighted by atomic mass is 9.73. The van der Waals surface area contributed by atoms with Gasteiger partial charge in [0.1, 0.15) is 0 Å². The average molecular weight is 279 g/mol. The number of rotatable bonds is 4. The summed E-state index contributed by atoms with van der Waals surface area (Å²) in [6.07, 6.45) is 7.93. The normalized spacial score (nSPS) is 31.2. The van der Waals surface area contributed by atoms with Crippen molar-refractivity contribution in [3.05, 3.63) is 18.0 Å². The van der Waals surface area contributed by atoms with E-state index in [0.29, 0.717) is 6.10 Å². The highest BCUT2D eigenvalue weighted by molar-refractivity contribution is 5.05. The first-order valence-electron chi connectivity index (χ1n) is 7.52. The summed E-state index contributed by atoms with van der Waals surface area (Å²) in [6, 6.07) is 0. The highest BCUT2D eigenvalue weighted by Crippen LogP contribution is 2.40. The zero-order valence-corrected chi connectivity index (χ0v) is 12.5. The van der Waals surface area contributed by atoms with Crippen LogP contribution in [0.2, 0.25) is 0 Å². The van der Waals surface area contributed by atoms with Crippen LogP contribution in [0.3, 0.4) is 0 Å². The van der Waals surface area contributed by atoms with Gasteiger partial charge in [0, 0.05) is 57.6 Å². The molecule has 5 heteroatoms.